The molecule has 19 heavy (non-hydrogen) atoms. The first-order valence-electron chi connectivity index (χ1n) is 6.45. The SMILES string of the molecule is CCCN1CCOC(C(=O)c2cc(F)ccc2F)C1. The second kappa shape index (κ2) is 6.21. The lowest BCUT2D eigenvalue weighted by molar-refractivity contribution is -0.0165. The van der Waals surface area contributed by atoms with Crippen LogP contribution < -0.4 is 0 Å². The standard InChI is InChI=1S/C14H17F2NO2/c1-2-5-17-6-7-19-13(9-17)14(18)11-8-10(15)3-4-12(11)16/h3-4,8,13H,2,5-7,9H2,1H3. The number of nitrogens with zero attached hydrogens (tertiary/aromatic N) is 1. The minimum absolute atomic E-state index is 0.233. The van der Waals surface area contributed by atoms with E-state index >= 15 is 0 Å². The smallest absolute Gasteiger partial charge is 0.195 e. The topological polar surface area (TPSA) is 29.5 Å². The van der Waals surface area contributed by atoms with Crippen molar-refractivity contribution in [3.8, 4) is 0 Å². The van der Waals surface area contributed by atoms with E-state index in [9.17, 15) is 13.6 Å². The first kappa shape index (κ1) is 14.1. The summed E-state index contributed by atoms with van der Waals surface area (Å²) >= 11 is 0. The van der Waals surface area contributed by atoms with Crippen LogP contribution in [0.2, 0.25) is 0 Å². The maximum absolute atomic E-state index is 13.6. The third-order valence-electron chi connectivity index (χ3n) is 3.18. The number of morpholine rings is 1. The molecule has 1 heterocycles. The Hall–Kier alpha value is -1.33. The summed E-state index contributed by atoms with van der Waals surface area (Å²) in [6.45, 7) is 4.57. The predicted molar refractivity (Wildman–Crippen MR) is 67.2 cm³/mol. The Balaban J connectivity index is 2.12. The normalized spacial score (nSPS) is 20.5. The average molecular weight is 269 g/mol. The largest absolute Gasteiger partial charge is 0.367 e. The first-order valence-corrected chi connectivity index (χ1v) is 6.45. The van der Waals surface area contributed by atoms with Crippen LogP contribution in [0.5, 0.6) is 0 Å². The summed E-state index contributed by atoms with van der Waals surface area (Å²) in [7, 11) is 0. The fraction of sp³-hybridized carbons (Fsp3) is 0.500. The van der Waals surface area contributed by atoms with Crippen molar-refractivity contribution in [2.24, 2.45) is 0 Å². The van der Waals surface area contributed by atoms with Crippen molar-refractivity contribution in [2.45, 2.75) is 19.4 Å². The number of Topliss-reactive ketones (excluding diaryl/α,β-unsaturated/α-hetero) is 1. The average Bonchev–Trinajstić information content (AvgIpc) is 2.41. The molecular formula is C14H17F2NO2. The van der Waals surface area contributed by atoms with E-state index in [1.807, 2.05) is 0 Å². The summed E-state index contributed by atoms with van der Waals surface area (Å²) in [4.78, 5) is 14.3. The molecule has 1 fully saturated rings. The number of ether oxygens (including phenoxy) is 1. The molecule has 3 nitrogen and oxygen atoms in total. The van der Waals surface area contributed by atoms with Crippen molar-refractivity contribution in [1.82, 2.24) is 4.90 Å². The molecule has 0 aromatic heterocycles. The minimum atomic E-state index is -0.711. The quantitative estimate of drug-likeness (QED) is 0.785. The zero-order valence-corrected chi connectivity index (χ0v) is 10.9. The van der Waals surface area contributed by atoms with Gasteiger partial charge < -0.3 is 4.74 Å². The number of ketones is 1. The molecule has 0 N–H and O–H groups in total. The first-order chi connectivity index (χ1) is 9.11. The second-order valence-electron chi connectivity index (χ2n) is 4.65. The summed E-state index contributed by atoms with van der Waals surface area (Å²) in [5, 5.41) is 0. The van der Waals surface area contributed by atoms with Gasteiger partial charge in [0, 0.05) is 13.1 Å². The fourth-order valence-electron chi connectivity index (χ4n) is 2.24. The number of hydrogen-bond acceptors (Lipinski definition) is 3. The van der Waals surface area contributed by atoms with Crippen LogP contribution in [-0.2, 0) is 4.74 Å². The number of halogens is 2. The van der Waals surface area contributed by atoms with Crippen molar-refractivity contribution < 1.29 is 18.3 Å². The van der Waals surface area contributed by atoms with Gasteiger partial charge >= 0.3 is 0 Å². The van der Waals surface area contributed by atoms with E-state index in [-0.39, 0.29) is 5.56 Å². The van der Waals surface area contributed by atoms with Gasteiger partial charge in [-0.15, -0.1) is 0 Å². The van der Waals surface area contributed by atoms with Gasteiger partial charge in [-0.05, 0) is 31.2 Å². The van der Waals surface area contributed by atoms with Gasteiger partial charge in [-0.25, -0.2) is 8.78 Å². The highest BCUT2D eigenvalue weighted by Crippen LogP contribution is 2.16. The highest BCUT2D eigenvalue weighted by atomic mass is 19.1. The molecule has 5 heteroatoms. The Bertz CT molecular complexity index is 463. The Morgan fingerprint density at radius 2 is 2.26 bits per heavy atom. The molecule has 104 valence electrons. The lowest BCUT2D eigenvalue weighted by Crippen LogP contribution is -2.46. The number of rotatable bonds is 4. The van der Waals surface area contributed by atoms with Gasteiger partial charge in [0.2, 0.25) is 0 Å². The summed E-state index contributed by atoms with van der Waals surface area (Å²) in [5.41, 5.74) is -0.233. The van der Waals surface area contributed by atoms with Gasteiger partial charge in [-0.2, -0.15) is 0 Å². The molecule has 0 amide bonds. The van der Waals surface area contributed by atoms with Crippen molar-refractivity contribution in [3.63, 3.8) is 0 Å². The zero-order chi connectivity index (χ0) is 13.8. The van der Waals surface area contributed by atoms with Crippen molar-refractivity contribution in [1.29, 1.82) is 0 Å². The highest BCUT2D eigenvalue weighted by Gasteiger charge is 2.28. The molecule has 1 aromatic carbocycles. The summed E-state index contributed by atoms with van der Waals surface area (Å²) in [5.74, 6) is -1.81. The molecule has 0 aliphatic carbocycles. The van der Waals surface area contributed by atoms with Crippen molar-refractivity contribution in [2.75, 3.05) is 26.2 Å². The van der Waals surface area contributed by atoms with Gasteiger partial charge in [0.05, 0.1) is 12.2 Å². The summed E-state index contributed by atoms with van der Waals surface area (Å²) in [6.07, 6.45) is 0.270. The van der Waals surface area contributed by atoms with E-state index in [0.29, 0.717) is 13.2 Å². The lowest BCUT2D eigenvalue weighted by Gasteiger charge is -2.31. The molecule has 1 aromatic rings. The van der Waals surface area contributed by atoms with Gasteiger partial charge in [-0.1, -0.05) is 6.92 Å². The molecule has 1 saturated heterocycles. The molecule has 0 spiro atoms. The Labute approximate surface area is 111 Å². The highest BCUT2D eigenvalue weighted by molar-refractivity contribution is 6.00. The van der Waals surface area contributed by atoms with Crippen LogP contribution in [0.3, 0.4) is 0 Å². The molecule has 1 unspecified atom stereocenters. The van der Waals surface area contributed by atoms with E-state index < -0.39 is 23.5 Å². The molecule has 0 bridgehead atoms. The lowest BCUT2D eigenvalue weighted by atomic mass is 10.0. The maximum atomic E-state index is 13.6. The Morgan fingerprint density at radius 1 is 1.47 bits per heavy atom. The number of benzene rings is 1. The van der Waals surface area contributed by atoms with Gasteiger partial charge in [0.1, 0.15) is 17.7 Å². The van der Waals surface area contributed by atoms with Crippen LogP contribution >= 0.6 is 0 Å². The molecule has 0 saturated carbocycles. The third-order valence-corrected chi connectivity index (χ3v) is 3.18. The number of hydrogen-bond donors (Lipinski definition) is 0. The predicted octanol–water partition coefficient (Wildman–Crippen LogP) is 2.26. The number of carbonyl (C=O) groups excluding carboxylic acids is 1. The molecule has 1 atom stereocenters. The van der Waals surface area contributed by atoms with Crippen LogP contribution in [0, 0.1) is 11.6 Å². The summed E-state index contributed by atoms with van der Waals surface area (Å²) < 4.78 is 32.1. The van der Waals surface area contributed by atoms with Crippen LogP contribution in [0.15, 0.2) is 18.2 Å². The van der Waals surface area contributed by atoms with E-state index in [2.05, 4.69) is 11.8 Å². The van der Waals surface area contributed by atoms with Gasteiger partial charge in [0.15, 0.2) is 5.78 Å². The molecule has 0 radical (unpaired) electrons. The molecule has 1 aliphatic rings. The van der Waals surface area contributed by atoms with E-state index in [4.69, 9.17) is 4.74 Å². The van der Waals surface area contributed by atoms with Gasteiger partial charge in [0.25, 0.3) is 0 Å². The third kappa shape index (κ3) is 3.36. The number of carbonyl (C=O) groups is 1. The van der Waals surface area contributed by atoms with Crippen LogP contribution in [0.4, 0.5) is 8.78 Å². The second-order valence-corrected chi connectivity index (χ2v) is 4.65. The summed E-state index contributed by atoms with van der Waals surface area (Å²) in [6, 6.07) is 2.90. The van der Waals surface area contributed by atoms with Crippen LogP contribution in [0.1, 0.15) is 23.7 Å². The van der Waals surface area contributed by atoms with E-state index in [0.717, 1.165) is 37.7 Å². The van der Waals surface area contributed by atoms with Crippen molar-refractivity contribution >= 4 is 5.78 Å². The fourth-order valence-corrected chi connectivity index (χ4v) is 2.24. The Morgan fingerprint density at radius 3 is 3.00 bits per heavy atom. The van der Waals surface area contributed by atoms with Crippen molar-refractivity contribution in [3.05, 3.63) is 35.4 Å². The van der Waals surface area contributed by atoms with E-state index in [1.165, 1.54) is 0 Å². The maximum Gasteiger partial charge on any atom is 0.195 e. The minimum Gasteiger partial charge on any atom is -0.367 e. The molecule has 1 aliphatic heterocycles. The van der Waals surface area contributed by atoms with E-state index in [1.54, 1.807) is 0 Å². The molecular weight excluding hydrogens is 252 g/mol. The monoisotopic (exact) mass is 269 g/mol. The zero-order valence-electron chi connectivity index (χ0n) is 10.9. The molecule has 2 rings (SSSR count). The van der Waals surface area contributed by atoms with Gasteiger partial charge in [-0.3, -0.25) is 9.69 Å². The Kier molecular flexibility index (Phi) is 4.61. The van der Waals surface area contributed by atoms with Crippen LogP contribution in [-0.4, -0.2) is 43.0 Å². The van der Waals surface area contributed by atoms with Crippen LogP contribution in [0.25, 0.3) is 0 Å².